The largest absolute Gasteiger partial charge is 0.365 e. The summed E-state index contributed by atoms with van der Waals surface area (Å²) in [6, 6.07) is 14.9. The van der Waals surface area contributed by atoms with Crippen LogP contribution in [0.4, 0.5) is 0 Å². The molecule has 144 valence electrons. The fourth-order valence-corrected chi connectivity index (χ4v) is 2.99. The summed E-state index contributed by atoms with van der Waals surface area (Å²) < 4.78 is 5.28. The zero-order chi connectivity index (χ0) is 20.0. The first kappa shape index (κ1) is 21.0. The summed E-state index contributed by atoms with van der Waals surface area (Å²) in [6.07, 6.45) is 2.14. The number of unbranched alkanes of at least 4 members (excludes halogenated alkanes) is 1. The standard InChI is InChI=1S/C24H30O3/c1-6-7-8-17-9-11-18(12-10-17)21(25)23(27-5)22(26)19-13-15-20(16-14-19)24(2,3)4/h9-16,23H,6-8H2,1-5H3. The van der Waals surface area contributed by atoms with Crippen molar-refractivity contribution in [3.63, 3.8) is 0 Å². The highest BCUT2D eigenvalue weighted by molar-refractivity contribution is 6.18. The first-order chi connectivity index (χ1) is 12.8. The van der Waals surface area contributed by atoms with Gasteiger partial charge in [0, 0.05) is 18.2 Å². The third-order valence-electron chi connectivity index (χ3n) is 4.80. The van der Waals surface area contributed by atoms with Crippen molar-refractivity contribution < 1.29 is 14.3 Å². The van der Waals surface area contributed by atoms with Crippen LogP contribution < -0.4 is 0 Å². The molecule has 27 heavy (non-hydrogen) atoms. The first-order valence-electron chi connectivity index (χ1n) is 9.58. The molecule has 0 bridgehead atoms. The van der Waals surface area contributed by atoms with E-state index in [9.17, 15) is 9.59 Å². The van der Waals surface area contributed by atoms with Gasteiger partial charge in [0.15, 0.2) is 17.7 Å². The number of Topliss-reactive ketones (excluding diaryl/α,β-unsaturated/α-hetero) is 2. The normalized spacial score (nSPS) is 12.6. The Bertz CT molecular complexity index is 765. The van der Waals surface area contributed by atoms with E-state index in [2.05, 4.69) is 27.7 Å². The molecule has 0 radical (unpaired) electrons. The second-order valence-electron chi connectivity index (χ2n) is 7.97. The molecule has 0 aliphatic heterocycles. The van der Waals surface area contributed by atoms with Gasteiger partial charge in [0.2, 0.25) is 0 Å². The molecule has 2 aromatic carbocycles. The second-order valence-corrected chi connectivity index (χ2v) is 7.97. The molecule has 0 saturated heterocycles. The van der Waals surface area contributed by atoms with Crippen molar-refractivity contribution in [2.75, 3.05) is 7.11 Å². The van der Waals surface area contributed by atoms with E-state index < -0.39 is 6.10 Å². The van der Waals surface area contributed by atoms with Crippen LogP contribution in [0.3, 0.4) is 0 Å². The molecular weight excluding hydrogens is 336 g/mol. The van der Waals surface area contributed by atoms with Gasteiger partial charge >= 0.3 is 0 Å². The Hall–Kier alpha value is -2.26. The molecule has 1 unspecified atom stereocenters. The maximum atomic E-state index is 12.8. The number of hydrogen-bond donors (Lipinski definition) is 0. The lowest BCUT2D eigenvalue weighted by Gasteiger charge is -2.19. The molecule has 0 spiro atoms. The second kappa shape index (κ2) is 9.09. The van der Waals surface area contributed by atoms with Crippen LogP contribution in [0, 0.1) is 0 Å². The molecule has 0 aliphatic rings. The van der Waals surface area contributed by atoms with E-state index in [1.54, 1.807) is 24.3 Å². The minimum atomic E-state index is -1.12. The number of hydrogen-bond acceptors (Lipinski definition) is 3. The van der Waals surface area contributed by atoms with Crippen molar-refractivity contribution in [1.29, 1.82) is 0 Å². The number of carbonyl (C=O) groups is 2. The molecule has 0 amide bonds. The molecule has 1 atom stereocenters. The van der Waals surface area contributed by atoms with Crippen LogP contribution in [0.5, 0.6) is 0 Å². The van der Waals surface area contributed by atoms with Crippen molar-refractivity contribution in [1.82, 2.24) is 0 Å². The van der Waals surface area contributed by atoms with E-state index in [1.807, 2.05) is 24.3 Å². The summed E-state index contributed by atoms with van der Waals surface area (Å²) in [4.78, 5) is 25.6. The summed E-state index contributed by atoms with van der Waals surface area (Å²) in [6.45, 7) is 8.52. The summed E-state index contributed by atoms with van der Waals surface area (Å²) in [5.74, 6) is -0.609. The number of aryl methyl sites for hydroxylation is 1. The SMILES string of the molecule is CCCCc1ccc(C(=O)C(OC)C(=O)c2ccc(C(C)(C)C)cc2)cc1. The molecule has 0 heterocycles. The number of ketones is 2. The summed E-state index contributed by atoms with van der Waals surface area (Å²) in [5.41, 5.74) is 3.34. The topological polar surface area (TPSA) is 43.4 Å². The van der Waals surface area contributed by atoms with Gasteiger partial charge in [-0.2, -0.15) is 0 Å². The van der Waals surface area contributed by atoms with Gasteiger partial charge in [-0.05, 0) is 29.4 Å². The van der Waals surface area contributed by atoms with Gasteiger partial charge in [-0.3, -0.25) is 9.59 Å². The summed E-state index contributed by atoms with van der Waals surface area (Å²) in [5, 5.41) is 0. The molecule has 2 aromatic rings. The molecule has 3 nitrogen and oxygen atoms in total. The lowest BCUT2D eigenvalue weighted by Crippen LogP contribution is -2.32. The van der Waals surface area contributed by atoms with Crippen molar-refractivity contribution in [2.45, 2.75) is 58.5 Å². The van der Waals surface area contributed by atoms with Crippen molar-refractivity contribution in [2.24, 2.45) is 0 Å². The maximum absolute atomic E-state index is 12.8. The van der Waals surface area contributed by atoms with Crippen LogP contribution in [0.15, 0.2) is 48.5 Å². The molecule has 0 N–H and O–H groups in total. The van der Waals surface area contributed by atoms with Crippen LogP contribution in [0.1, 0.15) is 72.4 Å². The van der Waals surface area contributed by atoms with E-state index in [-0.39, 0.29) is 17.0 Å². The van der Waals surface area contributed by atoms with E-state index >= 15 is 0 Å². The van der Waals surface area contributed by atoms with Crippen molar-refractivity contribution >= 4 is 11.6 Å². The number of ether oxygens (including phenoxy) is 1. The van der Waals surface area contributed by atoms with Gasteiger partial charge in [0.25, 0.3) is 0 Å². The Labute approximate surface area is 162 Å². The van der Waals surface area contributed by atoms with Gasteiger partial charge < -0.3 is 4.74 Å². The zero-order valence-corrected chi connectivity index (χ0v) is 17.0. The van der Waals surface area contributed by atoms with Gasteiger partial charge in [0.1, 0.15) is 0 Å². The van der Waals surface area contributed by atoms with Crippen LogP contribution in [-0.4, -0.2) is 24.8 Å². The van der Waals surface area contributed by atoms with Gasteiger partial charge in [-0.15, -0.1) is 0 Å². The highest BCUT2D eigenvalue weighted by atomic mass is 16.5. The predicted molar refractivity (Wildman–Crippen MR) is 110 cm³/mol. The number of rotatable bonds is 8. The molecule has 0 saturated carbocycles. The minimum absolute atomic E-state index is 0.0115. The fraction of sp³-hybridized carbons (Fsp3) is 0.417. The summed E-state index contributed by atoms with van der Waals surface area (Å²) in [7, 11) is 1.40. The monoisotopic (exact) mass is 366 g/mol. The predicted octanol–water partition coefficient (Wildman–Crippen LogP) is 5.41. The fourth-order valence-electron chi connectivity index (χ4n) is 2.99. The van der Waals surface area contributed by atoms with Crippen molar-refractivity contribution in [3.05, 3.63) is 70.8 Å². The van der Waals surface area contributed by atoms with Crippen LogP contribution in [-0.2, 0) is 16.6 Å². The van der Waals surface area contributed by atoms with Crippen LogP contribution >= 0.6 is 0 Å². The highest BCUT2D eigenvalue weighted by Gasteiger charge is 2.28. The smallest absolute Gasteiger partial charge is 0.199 e. The molecule has 0 aliphatic carbocycles. The van der Waals surface area contributed by atoms with Gasteiger partial charge in [0.05, 0.1) is 0 Å². The Morgan fingerprint density at radius 3 is 1.78 bits per heavy atom. The lowest BCUT2D eigenvalue weighted by molar-refractivity contribution is 0.0513. The Balaban J connectivity index is 2.17. The Kier molecular flexibility index (Phi) is 7.09. The van der Waals surface area contributed by atoms with Crippen LogP contribution in [0.25, 0.3) is 0 Å². The number of benzene rings is 2. The molecule has 2 rings (SSSR count). The van der Waals surface area contributed by atoms with E-state index in [0.29, 0.717) is 11.1 Å². The first-order valence-corrected chi connectivity index (χ1v) is 9.58. The average molecular weight is 367 g/mol. The van der Waals surface area contributed by atoms with E-state index in [0.717, 1.165) is 24.8 Å². The van der Waals surface area contributed by atoms with Gasteiger partial charge in [-0.1, -0.05) is 82.6 Å². The molecule has 3 heteroatoms. The average Bonchev–Trinajstić information content (AvgIpc) is 2.66. The number of carbonyl (C=O) groups excluding carboxylic acids is 2. The molecular formula is C24H30O3. The van der Waals surface area contributed by atoms with E-state index in [4.69, 9.17) is 4.74 Å². The third kappa shape index (κ3) is 5.36. The quantitative estimate of drug-likeness (QED) is 0.463. The lowest BCUT2D eigenvalue weighted by atomic mass is 9.86. The van der Waals surface area contributed by atoms with Crippen LogP contribution in [0.2, 0.25) is 0 Å². The molecule has 0 fully saturated rings. The van der Waals surface area contributed by atoms with E-state index in [1.165, 1.54) is 12.7 Å². The Morgan fingerprint density at radius 2 is 1.37 bits per heavy atom. The number of methoxy groups -OCH3 is 1. The summed E-state index contributed by atoms with van der Waals surface area (Å²) >= 11 is 0. The Morgan fingerprint density at radius 1 is 0.889 bits per heavy atom. The van der Waals surface area contributed by atoms with Gasteiger partial charge in [-0.25, -0.2) is 0 Å². The zero-order valence-electron chi connectivity index (χ0n) is 17.0. The highest BCUT2D eigenvalue weighted by Crippen LogP contribution is 2.23. The van der Waals surface area contributed by atoms with Crippen molar-refractivity contribution in [3.8, 4) is 0 Å². The minimum Gasteiger partial charge on any atom is -0.365 e. The maximum Gasteiger partial charge on any atom is 0.199 e. The third-order valence-corrected chi connectivity index (χ3v) is 4.80. The molecule has 0 aromatic heterocycles.